The van der Waals surface area contributed by atoms with E-state index in [0.717, 1.165) is 6.20 Å². The lowest BCUT2D eigenvalue weighted by molar-refractivity contribution is 0.610. The molecule has 94 valence electrons. The zero-order valence-corrected chi connectivity index (χ0v) is 10.3. The van der Waals surface area contributed by atoms with Gasteiger partial charge in [0, 0.05) is 12.2 Å². The van der Waals surface area contributed by atoms with Gasteiger partial charge in [-0.25, -0.2) is 13.8 Å². The summed E-state index contributed by atoms with van der Waals surface area (Å²) >= 11 is 5.66. The van der Waals surface area contributed by atoms with Gasteiger partial charge in [0.1, 0.15) is 5.82 Å². The van der Waals surface area contributed by atoms with Crippen LogP contribution in [0, 0.1) is 11.6 Å². The highest BCUT2D eigenvalue weighted by Gasteiger charge is 2.15. The molecular weight excluding hydrogens is 260 g/mol. The molecule has 0 saturated carbocycles. The average molecular weight is 270 g/mol. The lowest BCUT2D eigenvalue weighted by Gasteiger charge is -2.22. The fourth-order valence-corrected chi connectivity index (χ4v) is 1.73. The van der Waals surface area contributed by atoms with E-state index in [-0.39, 0.29) is 16.9 Å². The Labute approximate surface area is 108 Å². The summed E-state index contributed by atoms with van der Waals surface area (Å²) in [7, 11) is 0. The highest BCUT2D eigenvalue weighted by Crippen LogP contribution is 2.26. The van der Waals surface area contributed by atoms with E-state index in [9.17, 15) is 8.78 Å². The van der Waals surface area contributed by atoms with Crippen molar-refractivity contribution in [3.8, 4) is 0 Å². The van der Waals surface area contributed by atoms with Crippen LogP contribution in [0.2, 0.25) is 5.28 Å². The van der Waals surface area contributed by atoms with Crippen LogP contribution in [0.1, 0.15) is 6.92 Å². The maximum atomic E-state index is 13.7. The third kappa shape index (κ3) is 2.56. The smallest absolute Gasteiger partial charge is 0.224 e. The Morgan fingerprint density at radius 2 is 1.89 bits per heavy atom. The van der Waals surface area contributed by atoms with Crippen molar-refractivity contribution in [3.63, 3.8) is 0 Å². The van der Waals surface area contributed by atoms with Crippen LogP contribution in [0.5, 0.6) is 0 Å². The summed E-state index contributed by atoms with van der Waals surface area (Å²) < 4.78 is 26.5. The Hall–Kier alpha value is -1.75. The van der Waals surface area contributed by atoms with Crippen molar-refractivity contribution in [1.29, 1.82) is 0 Å². The van der Waals surface area contributed by atoms with E-state index in [1.54, 1.807) is 17.0 Å². The molecule has 0 aliphatic rings. The van der Waals surface area contributed by atoms with Gasteiger partial charge in [-0.1, -0.05) is 0 Å². The van der Waals surface area contributed by atoms with Crippen molar-refractivity contribution in [2.75, 3.05) is 11.4 Å². The maximum Gasteiger partial charge on any atom is 0.224 e. The summed E-state index contributed by atoms with van der Waals surface area (Å²) in [4.78, 5) is 9.00. The summed E-state index contributed by atoms with van der Waals surface area (Å²) in [6.45, 7) is 2.30. The highest BCUT2D eigenvalue weighted by atomic mass is 35.5. The number of hydrogen-bond acceptors (Lipinski definition) is 3. The number of rotatable bonds is 3. The molecule has 0 aliphatic heterocycles. The first kappa shape index (κ1) is 12.7. The van der Waals surface area contributed by atoms with Crippen LogP contribution in [0.15, 0.2) is 30.5 Å². The van der Waals surface area contributed by atoms with Crippen LogP contribution in [0.3, 0.4) is 0 Å². The number of hydrogen-bond donors (Lipinski definition) is 0. The van der Waals surface area contributed by atoms with Crippen molar-refractivity contribution in [3.05, 3.63) is 47.4 Å². The minimum absolute atomic E-state index is 0.0352. The van der Waals surface area contributed by atoms with Gasteiger partial charge in [-0.05, 0) is 42.8 Å². The van der Waals surface area contributed by atoms with Crippen molar-refractivity contribution < 1.29 is 8.78 Å². The average Bonchev–Trinajstić information content (AvgIpc) is 2.37. The van der Waals surface area contributed by atoms with E-state index < -0.39 is 5.82 Å². The Balaban J connectivity index is 2.44. The van der Waals surface area contributed by atoms with Crippen LogP contribution < -0.4 is 4.90 Å². The SMILES string of the molecule is CCN(c1ccc(F)cc1)c1nc(Cl)ncc1F. The van der Waals surface area contributed by atoms with E-state index in [0.29, 0.717) is 12.2 Å². The summed E-state index contributed by atoms with van der Waals surface area (Å²) in [6.07, 6.45) is 1.01. The molecule has 0 fully saturated rings. The summed E-state index contributed by atoms with van der Waals surface area (Å²) in [5, 5.41) is -0.0352. The van der Waals surface area contributed by atoms with Crippen LogP contribution in [0.4, 0.5) is 20.3 Å². The molecule has 1 heterocycles. The van der Waals surface area contributed by atoms with Gasteiger partial charge < -0.3 is 4.90 Å². The largest absolute Gasteiger partial charge is 0.324 e. The third-order valence-corrected chi connectivity index (χ3v) is 2.59. The second-order valence-corrected chi connectivity index (χ2v) is 3.87. The molecule has 0 bridgehead atoms. The maximum absolute atomic E-state index is 13.7. The first-order chi connectivity index (χ1) is 8.61. The van der Waals surface area contributed by atoms with E-state index in [4.69, 9.17) is 11.6 Å². The highest BCUT2D eigenvalue weighted by molar-refractivity contribution is 6.28. The molecule has 0 radical (unpaired) electrons. The Kier molecular flexibility index (Phi) is 3.72. The second kappa shape index (κ2) is 5.27. The molecule has 2 rings (SSSR count). The van der Waals surface area contributed by atoms with Gasteiger partial charge in [-0.3, -0.25) is 0 Å². The Bertz CT molecular complexity index is 546. The van der Waals surface area contributed by atoms with Crippen molar-refractivity contribution >= 4 is 23.1 Å². The monoisotopic (exact) mass is 269 g/mol. The number of benzene rings is 1. The molecule has 0 atom stereocenters. The molecule has 0 unspecified atom stereocenters. The van der Waals surface area contributed by atoms with Gasteiger partial charge >= 0.3 is 0 Å². The number of anilines is 2. The number of halogens is 3. The summed E-state index contributed by atoms with van der Waals surface area (Å²) in [5.74, 6) is -0.856. The molecule has 2 aromatic rings. The first-order valence-corrected chi connectivity index (χ1v) is 5.70. The Morgan fingerprint density at radius 1 is 1.22 bits per heavy atom. The van der Waals surface area contributed by atoms with E-state index >= 15 is 0 Å². The molecular formula is C12H10ClF2N3. The molecule has 1 aromatic heterocycles. The van der Waals surface area contributed by atoms with Crippen molar-refractivity contribution in [2.24, 2.45) is 0 Å². The molecule has 0 aliphatic carbocycles. The van der Waals surface area contributed by atoms with E-state index in [1.807, 2.05) is 6.92 Å². The molecule has 0 spiro atoms. The zero-order chi connectivity index (χ0) is 13.1. The molecule has 3 nitrogen and oxygen atoms in total. The molecule has 1 aromatic carbocycles. The van der Waals surface area contributed by atoms with Gasteiger partial charge in [0.05, 0.1) is 6.20 Å². The Morgan fingerprint density at radius 3 is 2.50 bits per heavy atom. The fourth-order valence-electron chi connectivity index (χ4n) is 1.60. The minimum atomic E-state index is -0.578. The molecule has 18 heavy (non-hydrogen) atoms. The van der Waals surface area contributed by atoms with Crippen LogP contribution in [0.25, 0.3) is 0 Å². The van der Waals surface area contributed by atoms with Gasteiger partial charge in [-0.15, -0.1) is 0 Å². The molecule has 0 amide bonds. The van der Waals surface area contributed by atoms with Gasteiger partial charge in [0.2, 0.25) is 5.28 Å². The lowest BCUT2D eigenvalue weighted by atomic mass is 10.2. The first-order valence-electron chi connectivity index (χ1n) is 5.33. The quantitative estimate of drug-likeness (QED) is 0.798. The second-order valence-electron chi connectivity index (χ2n) is 3.53. The van der Waals surface area contributed by atoms with Crippen LogP contribution in [-0.4, -0.2) is 16.5 Å². The van der Waals surface area contributed by atoms with E-state index in [1.165, 1.54) is 12.1 Å². The number of nitrogens with zero attached hydrogens (tertiary/aromatic N) is 3. The van der Waals surface area contributed by atoms with Crippen molar-refractivity contribution in [2.45, 2.75) is 6.92 Å². The standard InChI is InChI=1S/C12H10ClF2N3/c1-2-18(9-5-3-8(14)4-6-9)11-10(15)7-16-12(13)17-11/h3-7H,2H2,1H3. The molecule has 0 saturated heterocycles. The minimum Gasteiger partial charge on any atom is -0.324 e. The predicted molar refractivity (Wildman–Crippen MR) is 66.1 cm³/mol. The predicted octanol–water partition coefficient (Wildman–Crippen LogP) is 3.57. The topological polar surface area (TPSA) is 29.0 Å². The van der Waals surface area contributed by atoms with Gasteiger partial charge in [0.25, 0.3) is 0 Å². The van der Waals surface area contributed by atoms with Gasteiger partial charge in [0.15, 0.2) is 11.6 Å². The molecule has 6 heteroatoms. The summed E-state index contributed by atoms with van der Waals surface area (Å²) in [6, 6.07) is 5.71. The normalized spacial score (nSPS) is 10.4. The third-order valence-electron chi connectivity index (χ3n) is 2.41. The zero-order valence-electron chi connectivity index (χ0n) is 9.57. The van der Waals surface area contributed by atoms with Crippen molar-refractivity contribution in [1.82, 2.24) is 9.97 Å². The lowest BCUT2D eigenvalue weighted by Crippen LogP contribution is -2.19. The van der Waals surface area contributed by atoms with Crippen LogP contribution >= 0.6 is 11.6 Å². The molecule has 0 N–H and O–H groups in total. The van der Waals surface area contributed by atoms with Gasteiger partial charge in [-0.2, -0.15) is 4.98 Å². The van der Waals surface area contributed by atoms with E-state index in [2.05, 4.69) is 9.97 Å². The van der Waals surface area contributed by atoms with Crippen LogP contribution in [-0.2, 0) is 0 Å². The summed E-state index contributed by atoms with van der Waals surface area (Å²) in [5.41, 5.74) is 0.632. The number of aromatic nitrogens is 2. The fraction of sp³-hybridized carbons (Fsp3) is 0.167.